The van der Waals surface area contributed by atoms with E-state index >= 15 is 0 Å². The molecule has 0 radical (unpaired) electrons. The van der Waals surface area contributed by atoms with Gasteiger partial charge >= 0.3 is 15.2 Å². The Kier molecular flexibility index (Phi) is 31.8. The molecule has 8 aromatic heterocycles. The van der Waals surface area contributed by atoms with E-state index in [1.165, 1.54) is 34.3 Å². The molecule has 108 heavy (non-hydrogen) atoms. The fraction of sp³-hybridized carbons (Fsp3) is 0.643. The molecule has 8 aromatic rings. The van der Waals surface area contributed by atoms with E-state index < -0.39 is 120 Å². The monoisotopic (exact) mass is 1860 g/mol. The van der Waals surface area contributed by atoms with E-state index in [-0.39, 0.29) is 72.2 Å². The second-order valence-corrected chi connectivity index (χ2v) is 43.3. The van der Waals surface area contributed by atoms with Gasteiger partial charge in [0.1, 0.15) is 58.4 Å². The number of ether oxygens (including phenoxy) is 4. The number of fused-ring (bicyclic) bond motifs is 4. The maximum atomic E-state index is 14.9. The van der Waals surface area contributed by atoms with Crippen molar-refractivity contribution in [2.75, 3.05) is 35.7 Å². The molecule has 600 valence electrons. The predicted molar refractivity (Wildman–Crippen MR) is 403 cm³/mol. The van der Waals surface area contributed by atoms with Crippen molar-refractivity contribution in [1.82, 2.24) is 78.7 Å². The predicted octanol–water partition coefficient (Wildman–Crippen LogP) is 15.0. The summed E-state index contributed by atoms with van der Waals surface area (Å²) in [5.41, 5.74) is 2.80. The third kappa shape index (κ3) is 23.1. The summed E-state index contributed by atoms with van der Waals surface area (Å²) >= 11 is 58.2. The van der Waals surface area contributed by atoms with Crippen molar-refractivity contribution in [2.45, 2.75) is 189 Å². The SMILES string of the molecule is CC[C@H]1O[C@@H](n2cnc3c(Cl)nc(Cl)nc32)[C@@H](F)[C@@H]1C.CC[C@H]1O[C@H](Br)[C@@H](F)[C@@H]1C.Clc1nc(Cl)c2[nH]cnc2n1.O=P(Cl)(Cl)CP(=O)(Cl)Cl.O=P(O)(O)CP(=O)(O)OC[C@H]1O[C@@H](n2ncc3c(NC4CCCC4)nc(Cl)nc32)[C@@H](F)[C@@H]1O.OC[C@H]1O[C@@H](n2cnc3c(NC4CCCC4)nc(Cl)nc32)[C@@H](F)[C@@H]1O. The Hall–Kier alpha value is -2.62. The molecular formula is C56H71BrCl10F4N18O15P4. The van der Waals surface area contributed by atoms with Crippen LogP contribution in [0.1, 0.15) is 111 Å². The van der Waals surface area contributed by atoms with Crippen molar-refractivity contribution in [3.8, 4) is 0 Å². The van der Waals surface area contributed by atoms with Crippen molar-refractivity contribution in [2.24, 2.45) is 11.8 Å². The zero-order valence-corrected chi connectivity index (χ0v) is 69.3. The molecule has 0 spiro atoms. The average molecular weight is 1870 g/mol. The third-order valence-corrected chi connectivity index (χ3v) is 29.5. The van der Waals surface area contributed by atoms with Crippen LogP contribution in [-0.4, -0.2) is 212 Å². The van der Waals surface area contributed by atoms with E-state index in [0.29, 0.717) is 56.6 Å². The van der Waals surface area contributed by atoms with Crippen molar-refractivity contribution in [3.05, 3.63) is 56.6 Å². The van der Waals surface area contributed by atoms with E-state index in [4.69, 9.17) is 143 Å². The van der Waals surface area contributed by atoms with Crippen LogP contribution in [0.4, 0.5) is 29.2 Å². The molecule has 0 bridgehead atoms. The van der Waals surface area contributed by atoms with Crippen LogP contribution in [0, 0.1) is 11.8 Å². The molecule has 12 heterocycles. The lowest BCUT2D eigenvalue weighted by Gasteiger charge is -2.18. The molecule has 4 saturated heterocycles. The lowest BCUT2D eigenvalue weighted by atomic mass is 10.00. The topological polar surface area (TPSA) is 445 Å². The lowest BCUT2D eigenvalue weighted by molar-refractivity contribution is -0.0472. The molecule has 0 amide bonds. The standard InChI is InChI=1S/C16H23ClFN5O8P2.C15H19ClFN5O3.C12H13Cl2FN4O.C7H12BrFO.C5H2Cl2N4.CH2Cl4O2P2/c17-16-21-13(20-8-3-1-2-4-8)9-5-19-23(14(9)22-16)15-11(18)12(24)10(31-15)6-30-33(28,29)7-32(25,26)27;16-15-20-12(19-7-3-1-2-4-7)10-13(21-15)22(6-18-10)14-9(17)11(24)8(5-23)25-14;1-3-6-5(2)7(15)11(20-6)19-4-16-8-9(13)17-12(14)18-10(8)19;1-3-5-4(2)6(9)7(8)10-5;6-3-2-4(9-1-8-2)11-5(7)10-3;2-8(3,6)1-9(4,5)7/h5,8,10-12,15,24H,1-4,6-7H2,(H,28,29)(H,20,21,22)(H2,25,26,27);6-9,11,14,23-24H,1-5H2,(H,19,20,21);4-7,11H,3H2,1-2H3;4-7H,3H2,1-2H3;1H,(H,8,9,10,11);1H2/t10-,11+,12-,15-;8-,9+,11-,14-;5-,6-,7+,11-;4-,5-,6+,7+;;/m1111../s1. The first-order valence-corrected chi connectivity index (χ1v) is 47.0. The van der Waals surface area contributed by atoms with Crippen LogP contribution in [0.25, 0.3) is 44.5 Å². The number of H-pyrrole nitrogens is 1. The zero-order chi connectivity index (χ0) is 79.2. The van der Waals surface area contributed by atoms with E-state index in [0.717, 1.165) is 68.9 Å². The Labute approximate surface area is 669 Å². The first-order chi connectivity index (χ1) is 50.7. The highest BCUT2D eigenvalue weighted by molar-refractivity contribution is 9.09. The number of imidazole rings is 3. The molecule has 2 aliphatic carbocycles. The highest BCUT2D eigenvalue weighted by Crippen LogP contribution is 2.72. The van der Waals surface area contributed by atoms with Gasteiger partial charge in [0.05, 0.1) is 56.0 Å². The van der Waals surface area contributed by atoms with Crippen LogP contribution in [0.5, 0.6) is 0 Å². The molecular weight excluding hydrogens is 1800 g/mol. The van der Waals surface area contributed by atoms with Gasteiger partial charge in [0.25, 0.3) is 11.7 Å². The van der Waals surface area contributed by atoms with Gasteiger partial charge in [-0.15, -0.1) is 0 Å². The molecule has 0 aromatic carbocycles. The first kappa shape index (κ1) is 89.3. The summed E-state index contributed by atoms with van der Waals surface area (Å²) in [6.45, 7) is 6.45. The quantitative estimate of drug-likeness (QED) is 0.0134. The largest absolute Gasteiger partial charge is 0.394 e. The number of hydrogen-bond donors (Lipinski definition) is 9. The molecule has 33 nitrogen and oxygen atoms in total. The lowest BCUT2D eigenvalue weighted by Crippen LogP contribution is -2.31. The smallest absolute Gasteiger partial charge is 0.340 e. The summed E-state index contributed by atoms with van der Waals surface area (Å²) < 4.78 is 131. The fourth-order valence-electron chi connectivity index (χ4n) is 12.3. The van der Waals surface area contributed by atoms with Gasteiger partial charge in [-0.3, -0.25) is 27.4 Å². The Balaban J connectivity index is 0.000000159. The van der Waals surface area contributed by atoms with E-state index in [9.17, 15) is 56.0 Å². The summed E-state index contributed by atoms with van der Waals surface area (Å²) in [4.78, 5) is 74.5. The number of rotatable bonds is 17. The van der Waals surface area contributed by atoms with Crippen molar-refractivity contribution in [1.29, 1.82) is 0 Å². The number of aliphatic hydroxyl groups is 3. The van der Waals surface area contributed by atoms with Gasteiger partial charge in [-0.2, -0.15) is 35.0 Å². The Morgan fingerprint density at radius 1 is 0.593 bits per heavy atom. The van der Waals surface area contributed by atoms with Gasteiger partial charge in [0.2, 0.25) is 21.1 Å². The molecule has 6 fully saturated rings. The summed E-state index contributed by atoms with van der Waals surface area (Å²) in [7, 11) is -9.54. The minimum atomic E-state index is -4.84. The number of aromatic amines is 1. The Morgan fingerprint density at radius 3 is 1.58 bits per heavy atom. The normalized spacial score (nSPS) is 28.0. The second-order valence-electron chi connectivity index (χ2n) is 25.3. The van der Waals surface area contributed by atoms with Crippen LogP contribution < -0.4 is 10.6 Å². The molecule has 4 aliphatic heterocycles. The van der Waals surface area contributed by atoms with Crippen molar-refractivity contribution < 1.29 is 89.3 Å². The summed E-state index contributed by atoms with van der Waals surface area (Å²) in [6.07, 6.45) is 1.27. The summed E-state index contributed by atoms with van der Waals surface area (Å²) in [5, 5.41) is 40.5. The number of alkyl halides is 5. The average Bonchev–Trinajstić information content (AvgIpc) is 1.62. The maximum absolute atomic E-state index is 14.9. The number of anilines is 2. The molecule has 17 atom stereocenters. The highest BCUT2D eigenvalue weighted by Gasteiger charge is 2.49. The maximum Gasteiger partial charge on any atom is 0.340 e. The number of hydrogen-bond acceptors (Lipinski definition) is 26. The van der Waals surface area contributed by atoms with Gasteiger partial charge in [0, 0.05) is 23.9 Å². The molecule has 14 rings (SSSR count). The zero-order valence-electron chi connectivity index (χ0n) is 56.6. The van der Waals surface area contributed by atoms with Gasteiger partial charge in [-0.05, 0) is 130 Å². The van der Waals surface area contributed by atoms with Gasteiger partial charge in [0.15, 0.2) is 87.3 Å². The minimum absolute atomic E-state index is 0.00209. The van der Waals surface area contributed by atoms with Crippen LogP contribution in [0.3, 0.4) is 0 Å². The van der Waals surface area contributed by atoms with Gasteiger partial charge in [-0.25, -0.2) is 47.2 Å². The molecule has 6 aliphatic rings. The van der Waals surface area contributed by atoms with Gasteiger partial charge < -0.3 is 69.1 Å². The van der Waals surface area contributed by atoms with E-state index in [2.05, 4.69) is 96.0 Å². The van der Waals surface area contributed by atoms with Crippen LogP contribution in [0.2, 0.25) is 31.4 Å². The molecule has 1 unspecified atom stereocenters. The van der Waals surface area contributed by atoms with Crippen LogP contribution in [0.15, 0.2) is 25.2 Å². The van der Waals surface area contributed by atoms with Crippen molar-refractivity contribution in [3.63, 3.8) is 0 Å². The van der Waals surface area contributed by atoms with E-state index in [1.54, 1.807) is 0 Å². The summed E-state index contributed by atoms with van der Waals surface area (Å²) in [5.74, 6) is -7.89. The van der Waals surface area contributed by atoms with Crippen LogP contribution >= 0.6 is 157 Å². The first-order valence-electron chi connectivity index (χ1n) is 32.9. The fourth-order valence-corrected chi connectivity index (χ4v) is 25.7. The molecule has 2 saturated carbocycles. The third-order valence-electron chi connectivity index (χ3n) is 17.6. The van der Waals surface area contributed by atoms with Crippen LogP contribution in [-0.2, 0) is 41.7 Å². The summed E-state index contributed by atoms with van der Waals surface area (Å²) in [6, 6.07) is 0.515. The number of nitrogens with zero attached hydrogens (tertiary/aromatic N) is 15. The number of nitrogens with one attached hydrogen (secondary N) is 3. The van der Waals surface area contributed by atoms with Gasteiger partial charge in [-0.1, -0.05) is 92.5 Å². The number of aliphatic hydroxyl groups excluding tert-OH is 3. The van der Waals surface area contributed by atoms with Crippen molar-refractivity contribution >= 4 is 214 Å². The second kappa shape index (κ2) is 38.4. The molecule has 9 N–H and O–H groups in total. The van der Waals surface area contributed by atoms with E-state index in [1.807, 2.05) is 27.7 Å². The highest BCUT2D eigenvalue weighted by atomic mass is 79.9. The Bertz CT molecular complexity index is 4560. The number of halogens is 15. The minimum Gasteiger partial charge on any atom is -0.394 e. The Morgan fingerprint density at radius 2 is 1.06 bits per heavy atom. The molecule has 52 heteroatoms. The number of aromatic nitrogens is 16.